The van der Waals surface area contributed by atoms with E-state index in [1.807, 2.05) is 0 Å². The van der Waals surface area contributed by atoms with E-state index in [9.17, 15) is 9.00 Å². The van der Waals surface area contributed by atoms with Gasteiger partial charge in [0, 0.05) is 12.2 Å². The number of amides is 1. The molecule has 98 valence electrons. The van der Waals surface area contributed by atoms with Crippen LogP contribution in [0, 0.1) is 5.92 Å². The number of rotatable bonds is 5. The highest BCUT2D eigenvalue weighted by molar-refractivity contribution is 7.85. The number of nitrogens with one attached hydrogen (secondary N) is 1. The number of anilines is 1. The molecule has 0 radical (unpaired) electrons. The second-order valence-electron chi connectivity index (χ2n) is 4.43. The Balaban J connectivity index is 1.93. The first-order valence-electron chi connectivity index (χ1n) is 5.76. The van der Waals surface area contributed by atoms with E-state index in [1.165, 1.54) is 12.8 Å². The molecule has 1 unspecified atom stereocenters. The fourth-order valence-corrected chi connectivity index (χ4v) is 2.95. The third-order valence-electron chi connectivity index (χ3n) is 2.75. The Morgan fingerprint density at radius 1 is 1.50 bits per heavy atom. The van der Waals surface area contributed by atoms with Crippen molar-refractivity contribution in [1.29, 1.82) is 0 Å². The summed E-state index contributed by atoms with van der Waals surface area (Å²) in [6.45, 7) is 0.681. The highest BCUT2D eigenvalue weighted by Crippen LogP contribution is 2.27. The topological polar surface area (TPSA) is 72.2 Å². The number of hydrogen-bond donors (Lipinski definition) is 2. The molecule has 2 rings (SSSR count). The van der Waals surface area contributed by atoms with E-state index in [-0.39, 0.29) is 11.7 Å². The number of carbonyl (C=O) groups excluding carboxylic acids is 1. The fourth-order valence-electron chi connectivity index (χ4n) is 1.52. The van der Waals surface area contributed by atoms with Crippen molar-refractivity contribution in [2.45, 2.75) is 17.7 Å². The Kier molecular flexibility index (Phi) is 4.24. The zero-order valence-corrected chi connectivity index (χ0v) is 11.4. The average molecular weight is 287 g/mol. The number of nitrogen functional groups attached to an aromatic ring is 1. The van der Waals surface area contributed by atoms with E-state index in [0.717, 1.165) is 0 Å². The molecule has 1 aliphatic rings. The Labute approximate surface area is 113 Å². The van der Waals surface area contributed by atoms with Crippen molar-refractivity contribution >= 4 is 34.0 Å². The maximum atomic E-state index is 12.0. The summed E-state index contributed by atoms with van der Waals surface area (Å²) in [4.78, 5) is 12.0. The molecule has 1 saturated carbocycles. The smallest absolute Gasteiger partial charge is 0.233 e. The minimum absolute atomic E-state index is 0.0735. The highest BCUT2D eigenvalue weighted by atomic mass is 35.5. The van der Waals surface area contributed by atoms with E-state index in [2.05, 4.69) is 5.32 Å². The van der Waals surface area contributed by atoms with Gasteiger partial charge in [0.2, 0.25) is 5.91 Å². The summed E-state index contributed by atoms with van der Waals surface area (Å²) in [5.74, 6) is 0.327. The normalized spacial score (nSPS) is 16.3. The first-order chi connectivity index (χ1) is 8.56. The Morgan fingerprint density at radius 3 is 2.89 bits per heavy atom. The number of hydrogen-bond acceptors (Lipinski definition) is 3. The zero-order valence-electron chi connectivity index (χ0n) is 9.82. The number of halogens is 1. The molecule has 0 aromatic heterocycles. The van der Waals surface area contributed by atoms with Gasteiger partial charge in [0.15, 0.2) is 0 Å². The predicted octanol–water partition coefficient (Wildman–Crippen LogP) is 1.56. The molecule has 3 N–H and O–H groups in total. The molecule has 1 aliphatic carbocycles. The van der Waals surface area contributed by atoms with Gasteiger partial charge in [0.25, 0.3) is 0 Å². The first kappa shape index (κ1) is 13.4. The van der Waals surface area contributed by atoms with Crippen molar-refractivity contribution in [3.05, 3.63) is 23.2 Å². The molecular formula is C12H15ClN2O2S. The molecule has 4 nitrogen and oxygen atoms in total. The van der Waals surface area contributed by atoms with Gasteiger partial charge in [-0.05, 0) is 37.0 Å². The Hall–Kier alpha value is -1.07. The third-order valence-corrected chi connectivity index (χ3v) is 4.54. The van der Waals surface area contributed by atoms with Crippen LogP contribution in [0.3, 0.4) is 0 Å². The van der Waals surface area contributed by atoms with Crippen LogP contribution in [0.5, 0.6) is 0 Å². The second-order valence-corrected chi connectivity index (χ2v) is 6.25. The van der Waals surface area contributed by atoms with Gasteiger partial charge in [-0.3, -0.25) is 9.00 Å². The summed E-state index contributed by atoms with van der Waals surface area (Å²) in [5.41, 5.74) is 6.10. The van der Waals surface area contributed by atoms with Crippen LogP contribution in [-0.2, 0) is 15.6 Å². The zero-order chi connectivity index (χ0) is 13.1. The standard InChI is InChI=1S/C12H15ClN2O2S/c13-10-4-3-9(14)5-11(10)18(17)7-12(16)15-6-8-1-2-8/h3-5,8H,1-2,6-7,14H2,(H,15,16). The Bertz CT molecular complexity index is 489. The molecular weight excluding hydrogens is 272 g/mol. The lowest BCUT2D eigenvalue weighted by Gasteiger charge is -2.06. The van der Waals surface area contributed by atoms with E-state index in [0.29, 0.717) is 28.1 Å². The summed E-state index contributed by atoms with van der Waals surface area (Å²) in [7, 11) is -1.45. The molecule has 1 fully saturated rings. The van der Waals surface area contributed by atoms with Crippen molar-refractivity contribution in [2.75, 3.05) is 18.0 Å². The van der Waals surface area contributed by atoms with Crippen molar-refractivity contribution in [1.82, 2.24) is 5.32 Å². The SMILES string of the molecule is Nc1ccc(Cl)c(S(=O)CC(=O)NCC2CC2)c1. The van der Waals surface area contributed by atoms with Crippen molar-refractivity contribution in [3.8, 4) is 0 Å². The van der Waals surface area contributed by atoms with Gasteiger partial charge in [-0.1, -0.05) is 11.6 Å². The molecule has 1 amide bonds. The molecule has 1 atom stereocenters. The van der Waals surface area contributed by atoms with Crippen molar-refractivity contribution < 1.29 is 9.00 Å². The summed E-state index contributed by atoms with van der Waals surface area (Å²) < 4.78 is 12.0. The van der Waals surface area contributed by atoms with Crippen LogP contribution in [0.1, 0.15) is 12.8 Å². The molecule has 0 saturated heterocycles. The molecule has 1 aromatic carbocycles. The third kappa shape index (κ3) is 3.71. The van der Waals surface area contributed by atoms with Gasteiger partial charge in [0.1, 0.15) is 5.75 Å². The number of benzene rings is 1. The van der Waals surface area contributed by atoms with Crippen LogP contribution in [0.4, 0.5) is 5.69 Å². The molecule has 0 heterocycles. The minimum Gasteiger partial charge on any atom is -0.399 e. The molecule has 0 aliphatic heterocycles. The highest BCUT2D eigenvalue weighted by Gasteiger charge is 2.22. The maximum Gasteiger partial charge on any atom is 0.233 e. The van der Waals surface area contributed by atoms with Crippen LogP contribution >= 0.6 is 11.6 Å². The second kappa shape index (κ2) is 5.71. The van der Waals surface area contributed by atoms with Crippen LogP contribution < -0.4 is 11.1 Å². The summed E-state index contributed by atoms with van der Waals surface area (Å²) in [6.07, 6.45) is 2.34. The van der Waals surface area contributed by atoms with Crippen molar-refractivity contribution in [2.24, 2.45) is 5.92 Å². The molecule has 0 bridgehead atoms. The van der Waals surface area contributed by atoms with Crippen LogP contribution in [0.25, 0.3) is 0 Å². The van der Waals surface area contributed by atoms with Crippen LogP contribution in [0.2, 0.25) is 5.02 Å². The van der Waals surface area contributed by atoms with Gasteiger partial charge >= 0.3 is 0 Å². The van der Waals surface area contributed by atoms with Gasteiger partial charge in [-0.2, -0.15) is 0 Å². The summed E-state index contributed by atoms with van der Waals surface area (Å²) in [5, 5.41) is 3.15. The van der Waals surface area contributed by atoms with Gasteiger partial charge in [0.05, 0.1) is 20.7 Å². The summed E-state index contributed by atoms with van der Waals surface area (Å²) >= 11 is 5.93. The van der Waals surface area contributed by atoms with Crippen LogP contribution in [0.15, 0.2) is 23.1 Å². The van der Waals surface area contributed by atoms with Gasteiger partial charge < -0.3 is 11.1 Å². The molecule has 1 aromatic rings. The van der Waals surface area contributed by atoms with Gasteiger partial charge in [-0.25, -0.2) is 0 Å². The molecule has 0 spiro atoms. The minimum atomic E-state index is -1.45. The predicted molar refractivity (Wildman–Crippen MR) is 72.9 cm³/mol. The monoisotopic (exact) mass is 286 g/mol. The Morgan fingerprint density at radius 2 is 2.22 bits per heavy atom. The van der Waals surface area contributed by atoms with Gasteiger partial charge in [-0.15, -0.1) is 0 Å². The van der Waals surface area contributed by atoms with E-state index in [1.54, 1.807) is 18.2 Å². The lowest BCUT2D eigenvalue weighted by Crippen LogP contribution is -2.30. The number of carbonyl (C=O) groups is 1. The molecule has 6 heteroatoms. The van der Waals surface area contributed by atoms with E-state index in [4.69, 9.17) is 17.3 Å². The van der Waals surface area contributed by atoms with E-state index >= 15 is 0 Å². The first-order valence-corrected chi connectivity index (χ1v) is 7.46. The lowest BCUT2D eigenvalue weighted by atomic mass is 10.3. The van der Waals surface area contributed by atoms with Crippen LogP contribution in [-0.4, -0.2) is 22.4 Å². The average Bonchev–Trinajstić information content (AvgIpc) is 3.13. The van der Waals surface area contributed by atoms with E-state index < -0.39 is 10.8 Å². The van der Waals surface area contributed by atoms with Crippen molar-refractivity contribution in [3.63, 3.8) is 0 Å². The quantitative estimate of drug-likeness (QED) is 0.807. The summed E-state index contributed by atoms with van der Waals surface area (Å²) in [6, 6.07) is 4.77. The number of nitrogens with two attached hydrogens (primary N) is 1. The molecule has 18 heavy (non-hydrogen) atoms. The maximum absolute atomic E-state index is 12.0. The lowest BCUT2D eigenvalue weighted by molar-refractivity contribution is -0.118. The largest absolute Gasteiger partial charge is 0.399 e. The fraction of sp³-hybridized carbons (Fsp3) is 0.417.